The number of methoxy groups -OCH3 is 1. The molecular weight excluding hydrogens is 412 g/mol. The van der Waals surface area contributed by atoms with Crippen LogP contribution in [0.4, 0.5) is 5.00 Å². The van der Waals surface area contributed by atoms with Gasteiger partial charge in [-0.1, -0.05) is 43.2 Å². The third-order valence-corrected chi connectivity index (χ3v) is 5.70. The number of carbonyl (C=O) groups is 2. The first-order valence-corrected chi connectivity index (χ1v) is 10.5. The average molecular weight is 435 g/mol. The van der Waals surface area contributed by atoms with Gasteiger partial charge in [-0.15, -0.1) is 11.3 Å². The summed E-state index contributed by atoms with van der Waals surface area (Å²) in [6.45, 7) is 4.03. The van der Waals surface area contributed by atoms with Crippen molar-refractivity contribution in [3.05, 3.63) is 63.7 Å². The average Bonchev–Trinajstić information content (AvgIpc) is 3.39. The molecule has 31 heavy (non-hydrogen) atoms. The van der Waals surface area contributed by atoms with Crippen LogP contribution < -0.4 is 5.32 Å². The number of aromatic nitrogens is 2. The Kier molecular flexibility index (Phi) is 7.00. The summed E-state index contributed by atoms with van der Waals surface area (Å²) in [5, 5.41) is 19.6. The molecule has 0 aliphatic rings. The highest BCUT2D eigenvalue weighted by atomic mass is 32.1. The molecular formula is C23H22N4O3S. The Morgan fingerprint density at radius 1 is 1.32 bits per heavy atom. The van der Waals surface area contributed by atoms with Gasteiger partial charge in [-0.2, -0.15) is 10.4 Å². The van der Waals surface area contributed by atoms with Gasteiger partial charge in [-0.25, -0.2) is 4.79 Å². The molecule has 0 fully saturated rings. The lowest BCUT2D eigenvalue weighted by molar-refractivity contribution is -0.112. The number of esters is 1. The van der Waals surface area contributed by atoms with E-state index in [1.165, 1.54) is 24.5 Å². The van der Waals surface area contributed by atoms with Gasteiger partial charge in [0.15, 0.2) is 0 Å². The Bertz CT molecular complexity index is 1170. The minimum atomic E-state index is -0.603. The molecule has 8 heteroatoms. The highest BCUT2D eigenvalue weighted by molar-refractivity contribution is 7.16. The maximum Gasteiger partial charge on any atom is 0.340 e. The summed E-state index contributed by atoms with van der Waals surface area (Å²) < 4.78 is 4.82. The van der Waals surface area contributed by atoms with Crippen molar-refractivity contribution in [2.24, 2.45) is 0 Å². The molecule has 0 atom stereocenters. The summed E-state index contributed by atoms with van der Waals surface area (Å²) in [5.41, 5.74) is 3.51. The number of rotatable bonds is 7. The van der Waals surface area contributed by atoms with Crippen molar-refractivity contribution >= 4 is 34.3 Å². The molecule has 7 nitrogen and oxygen atoms in total. The fourth-order valence-electron chi connectivity index (χ4n) is 3.00. The van der Waals surface area contributed by atoms with Crippen molar-refractivity contribution in [2.45, 2.75) is 26.7 Å². The predicted molar refractivity (Wildman–Crippen MR) is 121 cm³/mol. The van der Waals surface area contributed by atoms with E-state index in [9.17, 15) is 14.9 Å². The fourth-order valence-corrected chi connectivity index (χ4v) is 4.14. The highest BCUT2D eigenvalue weighted by Crippen LogP contribution is 2.30. The molecule has 1 aromatic carbocycles. The number of amides is 1. The topological polar surface area (TPSA) is 108 Å². The minimum Gasteiger partial charge on any atom is -0.465 e. The minimum absolute atomic E-state index is 0.101. The second-order valence-corrected chi connectivity index (χ2v) is 8.02. The fraction of sp³-hybridized carbons (Fsp3) is 0.217. The molecule has 0 radical (unpaired) electrons. The van der Waals surface area contributed by atoms with Gasteiger partial charge in [0.05, 0.1) is 24.6 Å². The van der Waals surface area contributed by atoms with E-state index in [-0.39, 0.29) is 11.1 Å². The van der Waals surface area contributed by atoms with Crippen LogP contribution in [0.3, 0.4) is 0 Å². The van der Waals surface area contributed by atoms with Gasteiger partial charge >= 0.3 is 5.97 Å². The molecule has 3 rings (SSSR count). The summed E-state index contributed by atoms with van der Waals surface area (Å²) in [7, 11) is 1.29. The van der Waals surface area contributed by atoms with Gasteiger partial charge in [0.1, 0.15) is 16.6 Å². The van der Waals surface area contributed by atoms with Gasteiger partial charge in [0.2, 0.25) is 0 Å². The summed E-state index contributed by atoms with van der Waals surface area (Å²) in [6, 6.07) is 11.5. The molecule has 0 saturated heterocycles. The zero-order valence-corrected chi connectivity index (χ0v) is 18.3. The van der Waals surface area contributed by atoms with E-state index >= 15 is 0 Å². The Labute approximate surface area is 184 Å². The molecule has 3 aromatic rings. The molecule has 2 aromatic heterocycles. The van der Waals surface area contributed by atoms with Crippen LogP contribution in [-0.4, -0.2) is 29.2 Å². The standard InChI is InChI=1S/C23H22N4O3S/c1-4-5-18-11-19(23(29)30-3)22(31-18)26-21(28)16(12-24)10-17-13-25-27-20(17)15-8-6-14(2)7-9-15/h6-11,13H,4-5H2,1-3H3,(H,25,27)(H,26,28). The molecule has 158 valence electrons. The molecule has 0 aliphatic carbocycles. The van der Waals surface area contributed by atoms with E-state index in [4.69, 9.17) is 4.74 Å². The Hall–Kier alpha value is -3.70. The molecule has 0 spiro atoms. The van der Waals surface area contributed by atoms with E-state index in [1.54, 1.807) is 12.3 Å². The predicted octanol–water partition coefficient (Wildman–Crippen LogP) is 4.73. The van der Waals surface area contributed by atoms with Gasteiger partial charge < -0.3 is 10.1 Å². The first-order chi connectivity index (χ1) is 15.0. The number of ether oxygens (including phenoxy) is 1. The van der Waals surface area contributed by atoms with Crippen molar-refractivity contribution in [2.75, 3.05) is 12.4 Å². The summed E-state index contributed by atoms with van der Waals surface area (Å²) in [5.74, 6) is -1.14. The third-order valence-electron chi connectivity index (χ3n) is 4.59. The number of aromatic amines is 1. The van der Waals surface area contributed by atoms with Gasteiger partial charge in [-0.05, 0) is 25.5 Å². The quantitative estimate of drug-likeness (QED) is 0.317. The Morgan fingerprint density at radius 3 is 2.71 bits per heavy atom. The molecule has 0 saturated carbocycles. The molecule has 2 heterocycles. The van der Waals surface area contributed by atoms with Crippen LogP contribution in [0.25, 0.3) is 17.3 Å². The number of nitriles is 1. The second-order valence-electron chi connectivity index (χ2n) is 6.89. The molecule has 0 bridgehead atoms. The second kappa shape index (κ2) is 9.87. The lowest BCUT2D eigenvalue weighted by Crippen LogP contribution is -2.15. The lowest BCUT2D eigenvalue weighted by atomic mass is 10.0. The summed E-state index contributed by atoms with van der Waals surface area (Å²) in [4.78, 5) is 25.9. The van der Waals surface area contributed by atoms with Crippen LogP contribution in [0, 0.1) is 18.3 Å². The molecule has 0 aliphatic heterocycles. The zero-order valence-electron chi connectivity index (χ0n) is 17.5. The van der Waals surface area contributed by atoms with Gasteiger partial charge in [-0.3, -0.25) is 9.89 Å². The van der Waals surface area contributed by atoms with E-state index in [0.717, 1.165) is 28.8 Å². The smallest absolute Gasteiger partial charge is 0.340 e. The number of nitrogens with zero attached hydrogens (tertiary/aromatic N) is 2. The third kappa shape index (κ3) is 5.08. The van der Waals surface area contributed by atoms with Crippen LogP contribution in [-0.2, 0) is 16.0 Å². The maximum atomic E-state index is 12.8. The lowest BCUT2D eigenvalue weighted by Gasteiger charge is -2.05. The number of hydrogen-bond acceptors (Lipinski definition) is 6. The summed E-state index contributed by atoms with van der Waals surface area (Å²) >= 11 is 1.31. The molecule has 0 unspecified atom stereocenters. The van der Waals surface area contributed by atoms with E-state index in [1.807, 2.05) is 44.2 Å². The number of anilines is 1. The van der Waals surface area contributed by atoms with Gasteiger partial charge in [0, 0.05) is 16.0 Å². The van der Waals surface area contributed by atoms with Crippen LogP contribution in [0.2, 0.25) is 0 Å². The van der Waals surface area contributed by atoms with Crippen LogP contribution in [0.15, 0.2) is 42.1 Å². The first-order valence-electron chi connectivity index (χ1n) is 9.71. The number of thiophene rings is 1. The Morgan fingerprint density at radius 2 is 2.06 bits per heavy atom. The summed E-state index contributed by atoms with van der Waals surface area (Å²) in [6.07, 6.45) is 4.72. The van der Waals surface area contributed by atoms with Crippen molar-refractivity contribution in [1.29, 1.82) is 5.26 Å². The number of aryl methyl sites for hydroxylation is 2. The van der Waals surface area contributed by atoms with Crippen LogP contribution in [0.5, 0.6) is 0 Å². The van der Waals surface area contributed by atoms with E-state index < -0.39 is 11.9 Å². The van der Waals surface area contributed by atoms with Crippen molar-refractivity contribution in [3.63, 3.8) is 0 Å². The monoisotopic (exact) mass is 434 g/mol. The van der Waals surface area contributed by atoms with Crippen LogP contribution in [0.1, 0.15) is 39.7 Å². The normalized spacial score (nSPS) is 11.1. The van der Waals surface area contributed by atoms with Crippen LogP contribution >= 0.6 is 11.3 Å². The van der Waals surface area contributed by atoms with Crippen molar-refractivity contribution < 1.29 is 14.3 Å². The van der Waals surface area contributed by atoms with Gasteiger partial charge in [0.25, 0.3) is 5.91 Å². The largest absolute Gasteiger partial charge is 0.465 e. The first kappa shape index (κ1) is 22.0. The number of H-pyrrole nitrogens is 1. The number of hydrogen-bond donors (Lipinski definition) is 2. The number of carbonyl (C=O) groups excluding carboxylic acids is 2. The zero-order chi connectivity index (χ0) is 22.4. The van der Waals surface area contributed by atoms with Crippen molar-refractivity contribution in [3.8, 4) is 17.3 Å². The molecule has 1 amide bonds. The number of nitrogens with one attached hydrogen (secondary N) is 2. The van der Waals surface area contributed by atoms with E-state index in [2.05, 4.69) is 15.5 Å². The van der Waals surface area contributed by atoms with Crippen molar-refractivity contribution in [1.82, 2.24) is 10.2 Å². The Balaban J connectivity index is 1.89. The SMILES string of the molecule is CCCc1cc(C(=O)OC)c(NC(=O)C(C#N)=Cc2cn[nH]c2-c2ccc(C)cc2)s1. The van der Waals surface area contributed by atoms with E-state index in [0.29, 0.717) is 16.3 Å². The highest BCUT2D eigenvalue weighted by Gasteiger charge is 2.20. The maximum absolute atomic E-state index is 12.8. The number of benzene rings is 1. The molecule has 2 N–H and O–H groups in total.